The summed E-state index contributed by atoms with van der Waals surface area (Å²) >= 11 is 1.72. The standard InChI is InChI=1S/C33H42N2O3S/c1-35(30(22-38)5-3-13-36)20-31-29(21-37)4-2-6-32(31)39-23-25-9-7-24(8-10-25)11-12-34-33-17-26-14-27(18-33)16-28(15-26)19-33/h2,4,6-10,13,21-22,26-28,30,34H,3,5,11-12,14-20,23H2,1H3. The van der Waals surface area contributed by atoms with E-state index in [0.29, 0.717) is 30.5 Å². The summed E-state index contributed by atoms with van der Waals surface area (Å²) < 4.78 is 0. The molecule has 0 aromatic heterocycles. The van der Waals surface area contributed by atoms with Gasteiger partial charge in [-0.25, -0.2) is 0 Å². The van der Waals surface area contributed by atoms with E-state index in [4.69, 9.17) is 0 Å². The molecule has 39 heavy (non-hydrogen) atoms. The second kappa shape index (κ2) is 12.9. The number of likely N-dealkylation sites (N-methyl/N-ethyl adjacent to an activating group) is 1. The third-order valence-electron chi connectivity index (χ3n) is 9.38. The van der Waals surface area contributed by atoms with Crippen LogP contribution in [0.1, 0.15) is 78.4 Å². The fraction of sp³-hybridized carbons (Fsp3) is 0.545. The summed E-state index contributed by atoms with van der Waals surface area (Å²) in [6, 6.07) is 14.4. The molecule has 5 nitrogen and oxygen atoms in total. The third kappa shape index (κ3) is 6.90. The Morgan fingerprint density at radius 1 is 0.974 bits per heavy atom. The summed E-state index contributed by atoms with van der Waals surface area (Å²) in [6.07, 6.45) is 13.2. The van der Waals surface area contributed by atoms with Gasteiger partial charge in [-0.05, 0) is 105 Å². The van der Waals surface area contributed by atoms with Crippen LogP contribution >= 0.6 is 11.8 Å². The van der Waals surface area contributed by atoms with E-state index in [0.717, 1.165) is 65.8 Å². The maximum atomic E-state index is 11.8. The van der Waals surface area contributed by atoms with Crippen LogP contribution < -0.4 is 5.32 Å². The highest BCUT2D eigenvalue weighted by Crippen LogP contribution is 2.55. The van der Waals surface area contributed by atoms with Crippen LogP contribution in [0.2, 0.25) is 0 Å². The lowest BCUT2D eigenvalue weighted by atomic mass is 9.53. The van der Waals surface area contributed by atoms with Crippen molar-refractivity contribution in [3.05, 3.63) is 64.7 Å². The first kappa shape index (κ1) is 28.3. The fourth-order valence-electron chi connectivity index (χ4n) is 7.76. The van der Waals surface area contributed by atoms with Crippen molar-refractivity contribution in [1.29, 1.82) is 0 Å². The highest BCUT2D eigenvalue weighted by atomic mass is 32.2. The molecule has 208 valence electrons. The summed E-state index contributed by atoms with van der Waals surface area (Å²) in [5.74, 6) is 3.74. The van der Waals surface area contributed by atoms with E-state index in [9.17, 15) is 14.4 Å². The molecule has 0 spiro atoms. The van der Waals surface area contributed by atoms with Crippen LogP contribution in [0, 0.1) is 17.8 Å². The highest BCUT2D eigenvalue weighted by molar-refractivity contribution is 7.98. The summed E-state index contributed by atoms with van der Waals surface area (Å²) in [7, 11) is 1.87. The molecule has 2 aromatic carbocycles. The SMILES string of the molecule is CN(Cc1c(C=O)cccc1SCc1ccc(CCNC23CC4CC(CC(C4)C2)C3)cc1)C(C=O)CCC=O. The average molecular weight is 547 g/mol. The van der Waals surface area contributed by atoms with Crippen LogP contribution in [-0.4, -0.2) is 48.9 Å². The number of hydrogen-bond acceptors (Lipinski definition) is 6. The van der Waals surface area contributed by atoms with E-state index in [-0.39, 0.29) is 6.04 Å². The molecule has 1 unspecified atom stereocenters. The van der Waals surface area contributed by atoms with Crippen LogP contribution in [0.3, 0.4) is 0 Å². The molecule has 4 bridgehead atoms. The van der Waals surface area contributed by atoms with Crippen molar-refractivity contribution in [3.8, 4) is 0 Å². The quantitative estimate of drug-likeness (QED) is 0.223. The van der Waals surface area contributed by atoms with E-state index < -0.39 is 0 Å². The smallest absolute Gasteiger partial charge is 0.150 e. The molecule has 0 heterocycles. The number of thioether (sulfide) groups is 1. The van der Waals surface area contributed by atoms with Crippen molar-refractivity contribution in [2.24, 2.45) is 17.8 Å². The number of carbonyl (C=O) groups excluding carboxylic acids is 3. The normalized spacial score (nSPS) is 26.1. The maximum absolute atomic E-state index is 11.8. The fourth-order valence-corrected chi connectivity index (χ4v) is 8.80. The van der Waals surface area contributed by atoms with Crippen molar-refractivity contribution in [2.75, 3.05) is 13.6 Å². The molecule has 0 aliphatic heterocycles. The van der Waals surface area contributed by atoms with Gasteiger partial charge in [-0.15, -0.1) is 11.8 Å². The lowest BCUT2D eigenvalue weighted by Gasteiger charge is -2.57. The van der Waals surface area contributed by atoms with E-state index in [1.807, 2.05) is 30.1 Å². The van der Waals surface area contributed by atoms with Crippen LogP contribution in [0.5, 0.6) is 0 Å². The number of nitrogens with zero attached hydrogens (tertiary/aromatic N) is 1. The first-order chi connectivity index (χ1) is 19.0. The molecule has 2 aromatic rings. The monoisotopic (exact) mass is 546 g/mol. The van der Waals surface area contributed by atoms with Crippen LogP contribution in [0.15, 0.2) is 47.4 Å². The average Bonchev–Trinajstić information content (AvgIpc) is 2.92. The Labute approximate surface area is 237 Å². The Balaban J connectivity index is 1.15. The molecule has 4 aliphatic rings. The molecule has 0 radical (unpaired) electrons. The second-order valence-electron chi connectivity index (χ2n) is 12.3. The Morgan fingerprint density at radius 3 is 2.26 bits per heavy atom. The zero-order valence-electron chi connectivity index (χ0n) is 23.1. The molecule has 1 atom stereocenters. The zero-order valence-corrected chi connectivity index (χ0v) is 24.0. The first-order valence-electron chi connectivity index (χ1n) is 14.6. The molecule has 0 amide bonds. The third-order valence-corrected chi connectivity index (χ3v) is 10.5. The number of aldehydes is 3. The molecule has 4 saturated carbocycles. The lowest BCUT2D eigenvalue weighted by Crippen LogP contribution is -2.58. The van der Waals surface area contributed by atoms with E-state index in [1.54, 1.807) is 11.8 Å². The molecule has 0 saturated heterocycles. The number of rotatable bonds is 15. The highest BCUT2D eigenvalue weighted by Gasteiger charge is 2.50. The summed E-state index contributed by atoms with van der Waals surface area (Å²) in [4.78, 5) is 37.2. The minimum Gasteiger partial charge on any atom is -0.311 e. The molecular weight excluding hydrogens is 504 g/mol. The molecular formula is C33H42N2O3S. The second-order valence-corrected chi connectivity index (χ2v) is 13.3. The molecule has 4 fully saturated rings. The van der Waals surface area contributed by atoms with Crippen molar-refractivity contribution >= 4 is 30.6 Å². The Morgan fingerprint density at radius 2 is 1.64 bits per heavy atom. The topological polar surface area (TPSA) is 66.5 Å². The first-order valence-corrected chi connectivity index (χ1v) is 15.6. The predicted octanol–water partition coefficient (Wildman–Crippen LogP) is 5.87. The van der Waals surface area contributed by atoms with Gasteiger partial charge in [0.05, 0.1) is 6.04 Å². The molecule has 6 rings (SSSR count). The Kier molecular flexibility index (Phi) is 9.36. The number of nitrogens with one attached hydrogen (secondary N) is 1. The van der Waals surface area contributed by atoms with E-state index in [1.165, 1.54) is 49.7 Å². The van der Waals surface area contributed by atoms with Gasteiger partial charge in [0.25, 0.3) is 0 Å². The minimum atomic E-state index is -0.349. The van der Waals surface area contributed by atoms with Crippen molar-refractivity contribution < 1.29 is 14.4 Å². The van der Waals surface area contributed by atoms with Gasteiger partial charge < -0.3 is 14.9 Å². The number of benzene rings is 2. The lowest BCUT2D eigenvalue weighted by molar-refractivity contribution is -0.113. The van der Waals surface area contributed by atoms with Crippen LogP contribution in [-0.2, 0) is 28.3 Å². The van der Waals surface area contributed by atoms with Gasteiger partial charge in [-0.1, -0.05) is 36.4 Å². The van der Waals surface area contributed by atoms with Gasteiger partial charge in [-0.3, -0.25) is 9.69 Å². The van der Waals surface area contributed by atoms with Gasteiger partial charge in [0.2, 0.25) is 0 Å². The van der Waals surface area contributed by atoms with Crippen molar-refractivity contribution in [3.63, 3.8) is 0 Å². The van der Waals surface area contributed by atoms with Gasteiger partial charge >= 0.3 is 0 Å². The largest absolute Gasteiger partial charge is 0.311 e. The summed E-state index contributed by atoms with van der Waals surface area (Å²) in [5, 5.41) is 4.02. The van der Waals surface area contributed by atoms with Crippen LogP contribution in [0.25, 0.3) is 0 Å². The van der Waals surface area contributed by atoms with Gasteiger partial charge in [0.15, 0.2) is 0 Å². The van der Waals surface area contributed by atoms with Crippen molar-refractivity contribution in [1.82, 2.24) is 10.2 Å². The number of hydrogen-bond donors (Lipinski definition) is 1. The molecule has 1 N–H and O–H groups in total. The van der Waals surface area contributed by atoms with E-state index >= 15 is 0 Å². The molecule has 6 heteroatoms. The predicted molar refractivity (Wildman–Crippen MR) is 157 cm³/mol. The van der Waals surface area contributed by atoms with Gasteiger partial charge in [0, 0.05) is 34.7 Å². The Bertz CT molecular complexity index is 1110. The van der Waals surface area contributed by atoms with E-state index in [2.05, 4.69) is 29.6 Å². The Hall–Kier alpha value is -2.28. The number of carbonyl (C=O) groups is 3. The zero-order chi connectivity index (χ0) is 27.2. The summed E-state index contributed by atoms with van der Waals surface area (Å²) in [5.41, 5.74) is 4.64. The minimum absolute atomic E-state index is 0.346. The van der Waals surface area contributed by atoms with Gasteiger partial charge in [0.1, 0.15) is 18.9 Å². The van der Waals surface area contributed by atoms with Crippen molar-refractivity contribution in [2.45, 2.75) is 86.6 Å². The van der Waals surface area contributed by atoms with Gasteiger partial charge in [-0.2, -0.15) is 0 Å². The summed E-state index contributed by atoms with van der Waals surface area (Å²) in [6.45, 7) is 1.54. The van der Waals surface area contributed by atoms with Crippen LogP contribution in [0.4, 0.5) is 0 Å². The maximum Gasteiger partial charge on any atom is 0.150 e. The molecule has 4 aliphatic carbocycles.